The Labute approximate surface area is 159 Å². The van der Waals surface area contributed by atoms with Crippen molar-refractivity contribution in [3.05, 3.63) is 58.6 Å². The van der Waals surface area contributed by atoms with Gasteiger partial charge in [-0.1, -0.05) is 38.7 Å². The standard InChI is InChI=1S/C19H24N2O5S/c1-2-3-4-5-6-14-26-18-9-7-8-16(15-18)20-27(24,25)19-12-10-17(11-13-19)21(22)23/h7-13,15,20H,2-6,14H2,1H3. The van der Waals surface area contributed by atoms with Crippen molar-refractivity contribution in [3.63, 3.8) is 0 Å². The summed E-state index contributed by atoms with van der Waals surface area (Å²) in [5, 5.41) is 10.7. The molecule has 27 heavy (non-hydrogen) atoms. The van der Waals surface area contributed by atoms with Crippen LogP contribution in [0.15, 0.2) is 53.4 Å². The lowest BCUT2D eigenvalue weighted by Gasteiger charge is -2.10. The third kappa shape index (κ3) is 6.56. The summed E-state index contributed by atoms with van der Waals surface area (Å²) in [4.78, 5) is 10.1. The Kier molecular flexibility index (Phi) is 7.60. The molecule has 2 rings (SSSR count). The molecule has 146 valence electrons. The molecule has 0 aromatic heterocycles. The lowest BCUT2D eigenvalue weighted by atomic mass is 10.2. The number of benzene rings is 2. The van der Waals surface area contributed by atoms with Crippen LogP contribution in [0.4, 0.5) is 11.4 Å². The fraction of sp³-hybridized carbons (Fsp3) is 0.368. The average molecular weight is 392 g/mol. The summed E-state index contributed by atoms with van der Waals surface area (Å²) in [6.07, 6.45) is 5.67. The number of anilines is 1. The van der Waals surface area contributed by atoms with Crippen molar-refractivity contribution in [1.82, 2.24) is 0 Å². The smallest absolute Gasteiger partial charge is 0.269 e. The third-order valence-corrected chi connectivity index (χ3v) is 5.36. The monoisotopic (exact) mass is 392 g/mol. The summed E-state index contributed by atoms with van der Waals surface area (Å²) in [6, 6.07) is 11.5. The summed E-state index contributed by atoms with van der Waals surface area (Å²) in [5.74, 6) is 0.592. The number of unbranched alkanes of at least 4 members (excludes halogenated alkanes) is 4. The number of ether oxygens (including phenoxy) is 1. The van der Waals surface area contributed by atoms with Gasteiger partial charge in [-0.05, 0) is 30.7 Å². The Balaban J connectivity index is 1.96. The summed E-state index contributed by atoms with van der Waals surface area (Å²) in [6.45, 7) is 2.75. The van der Waals surface area contributed by atoms with E-state index >= 15 is 0 Å². The van der Waals surface area contributed by atoms with Crippen LogP contribution < -0.4 is 9.46 Å². The van der Waals surface area contributed by atoms with Gasteiger partial charge >= 0.3 is 0 Å². The summed E-state index contributed by atoms with van der Waals surface area (Å²) >= 11 is 0. The van der Waals surface area contributed by atoms with E-state index in [4.69, 9.17) is 4.74 Å². The number of nitrogens with zero attached hydrogens (tertiary/aromatic N) is 1. The first kappa shape index (κ1) is 20.7. The van der Waals surface area contributed by atoms with Gasteiger partial charge in [0.15, 0.2) is 0 Å². The lowest BCUT2D eigenvalue weighted by molar-refractivity contribution is -0.384. The molecule has 8 heteroatoms. The van der Waals surface area contributed by atoms with Crippen LogP contribution in [0.25, 0.3) is 0 Å². The van der Waals surface area contributed by atoms with Gasteiger partial charge in [-0.15, -0.1) is 0 Å². The first-order valence-corrected chi connectivity index (χ1v) is 10.4. The van der Waals surface area contributed by atoms with Crippen LogP contribution in [-0.4, -0.2) is 19.9 Å². The molecule has 2 aromatic carbocycles. The number of non-ortho nitro benzene ring substituents is 1. The second-order valence-corrected chi connectivity index (χ2v) is 7.83. The highest BCUT2D eigenvalue weighted by Crippen LogP contribution is 2.22. The molecule has 0 unspecified atom stereocenters. The number of nitro groups is 1. The summed E-state index contributed by atoms with van der Waals surface area (Å²) in [5.41, 5.74) is 0.208. The predicted molar refractivity (Wildman–Crippen MR) is 105 cm³/mol. The molecule has 0 heterocycles. The van der Waals surface area contributed by atoms with E-state index in [1.807, 2.05) is 0 Å². The van der Waals surface area contributed by atoms with Crippen molar-refractivity contribution in [2.45, 2.75) is 43.9 Å². The molecular weight excluding hydrogens is 368 g/mol. The number of nitro benzene ring substituents is 1. The number of hydrogen-bond donors (Lipinski definition) is 1. The number of sulfonamides is 1. The Hall–Kier alpha value is -2.61. The van der Waals surface area contributed by atoms with Crippen LogP contribution in [0.1, 0.15) is 39.0 Å². The molecule has 0 saturated heterocycles. The van der Waals surface area contributed by atoms with Crippen LogP contribution in [0.2, 0.25) is 0 Å². The van der Waals surface area contributed by atoms with E-state index in [0.29, 0.717) is 18.0 Å². The Bertz CT molecular complexity index is 851. The normalized spacial score (nSPS) is 11.1. The summed E-state index contributed by atoms with van der Waals surface area (Å²) < 4.78 is 33.0. The Morgan fingerprint density at radius 3 is 2.41 bits per heavy atom. The second-order valence-electron chi connectivity index (χ2n) is 6.15. The van der Waals surface area contributed by atoms with Crippen LogP contribution in [0, 0.1) is 10.1 Å². The highest BCUT2D eigenvalue weighted by Gasteiger charge is 2.16. The van der Waals surface area contributed by atoms with Gasteiger partial charge in [-0.2, -0.15) is 0 Å². The fourth-order valence-corrected chi connectivity index (χ4v) is 3.56. The van der Waals surface area contributed by atoms with Crippen LogP contribution >= 0.6 is 0 Å². The first-order chi connectivity index (χ1) is 12.9. The van der Waals surface area contributed by atoms with Gasteiger partial charge in [0, 0.05) is 18.2 Å². The van der Waals surface area contributed by atoms with Gasteiger partial charge in [0.25, 0.3) is 15.7 Å². The maximum atomic E-state index is 12.4. The Morgan fingerprint density at radius 1 is 1.04 bits per heavy atom. The zero-order valence-corrected chi connectivity index (χ0v) is 16.1. The minimum absolute atomic E-state index is 0.0460. The molecule has 0 fully saturated rings. The molecule has 7 nitrogen and oxygen atoms in total. The van der Waals surface area contributed by atoms with Gasteiger partial charge in [0.2, 0.25) is 0 Å². The number of rotatable bonds is 11. The third-order valence-electron chi connectivity index (χ3n) is 3.96. The van der Waals surface area contributed by atoms with E-state index in [1.165, 1.54) is 31.4 Å². The van der Waals surface area contributed by atoms with Gasteiger partial charge in [-0.25, -0.2) is 8.42 Å². The van der Waals surface area contributed by atoms with E-state index in [-0.39, 0.29) is 10.6 Å². The highest BCUT2D eigenvalue weighted by molar-refractivity contribution is 7.92. The second kappa shape index (κ2) is 9.91. The Morgan fingerprint density at radius 2 is 1.74 bits per heavy atom. The minimum Gasteiger partial charge on any atom is -0.494 e. The molecular formula is C19H24N2O5S. The maximum absolute atomic E-state index is 12.4. The number of hydrogen-bond acceptors (Lipinski definition) is 5. The van der Waals surface area contributed by atoms with Gasteiger partial charge in [0.1, 0.15) is 5.75 Å². The molecule has 0 spiro atoms. The van der Waals surface area contributed by atoms with Crippen LogP contribution in [0.5, 0.6) is 5.75 Å². The van der Waals surface area contributed by atoms with Crippen molar-refractivity contribution in [1.29, 1.82) is 0 Å². The van der Waals surface area contributed by atoms with Gasteiger partial charge in [-0.3, -0.25) is 14.8 Å². The van der Waals surface area contributed by atoms with Crippen molar-refractivity contribution in [3.8, 4) is 5.75 Å². The number of nitrogens with one attached hydrogen (secondary N) is 1. The van der Waals surface area contributed by atoms with Crippen molar-refractivity contribution >= 4 is 21.4 Å². The van der Waals surface area contributed by atoms with Crippen molar-refractivity contribution in [2.75, 3.05) is 11.3 Å². The molecule has 2 aromatic rings. The van der Waals surface area contributed by atoms with Crippen LogP contribution in [0.3, 0.4) is 0 Å². The SMILES string of the molecule is CCCCCCCOc1cccc(NS(=O)(=O)c2ccc([N+](=O)[O-])cc2)c1. The average Bonchev–Trinajstić information content (AvgIpc) is 2.64. The van der Waals surface area contributed by atoms with Crippen LogP contribution in [-0.2, 0) is 10.0 Å². The molecule has 1 N–H and O–H groups in total. The van der Waals surface area contributed by atoms with Crippen molar-refractivity contribution < 1.29 is 18.1 Å². The molecule has 0 atom stereocenters. The molecule has 0 amide bonds. The highest BCUT2D eigenvalue weighted by atomic mass is 32.2. The van der Waals surface area contributed by atoms with E-state index < -0.39 is 14.9 Å². The first-order valence-electron chi connectivity index (χ1n) is 8.92. The summed E-state index contributed by atoms with van der Waals surface area (Å²) in [7, 11) is -3.84. The quantitative estimate of drug-likeness (QED) is 0.338. The van der Waals surface area contributed by atoms with E-state index in [0.717, 1.165) is 25.0 Å². The lowest BCUT2D eigenvalue weighted by Crippen LogP contribution is -2.13. The minimum atomic E-state index is -3.84. The zero-order valence-electron chi connectivity index (χ0n) is 15.3. The predicted octanol–water partition coefficient (Wildman–Crippen LogP) is 4.74. The topological polar surface area (TPSA) is 98.5 Å². The van der Waals surface area contributed by atoms with E-state index in [1.54, 1.807) is 24.3 Å². The largest absolute Gasteiger partial charge is 0.494 e. The van der Waals surface area contributed by atoms with Crippen molar-refractivity contribution in [2.24, 2.45) is 0 Å². The van der Waals surface area contributed by atoms with Gasteiger partial charge < -0.3 is 4.74 Å². The maximum Gasteiger partial charge on any atom is 0.269 e. The molecule has 0 aliphatic carbocycles. The van der Waals surface area contributed by atoms with E-state index in [9.17, 15) is 18.5 Å². The fourth-order valence-electron chi connectivity index (χ4n) is 2.51. The molecule has 0 saturated carbocycles. The molecule has 0 aliphatic heterocycles. The zero-order chi connectivity index (χ0) is 19.7. The van der Waals surface area contributed by atoms with Gasteiger partial charge in [0.05, 0.1) is 22.1 Å². The molecule has 0 bridgehead atoms. The molecule has 0 aliphatic rings. The van der Waals surface area contributed by atoms with E-state index in [2.05, 4.69) is 11.6 Å². The molecule has 0 radical (unpaired) electrons.